The maximum absolute atomic E-state index is 8.71. The third-order valence-electron chi connectivity index (χ3n) is 1.32. The molecule has 1 radical (unpaired) electrons. The average Bonchev–Trinajstić information content (AvgIpc) is 2.05. The van der Waals surface area contributed by atoms with Crippen molar-refractivity contribution in [3.63, 3.8) is 0 Å². The number of aliphatic hydroxyl groups excluding tert-OH is 1. The van der Waals surface area contributed by atoms with Crippen LogP contribution < -0.4 is 0 Å². The summed E-state index contributed by atoms with van der Waals surface area (Å²) in [6.45, 7) is 1.02. The molecule has 2 heteroatoms. The van der Waals surface area contributed by atoms with Crippen LogP contribution in [0.1, 0.15) is 11.1 Å². The van der Waals surface area contributed by atoms with Crippen LogP contribution in [0.15, 0.2) is 22.7 Å². The second-order valence-corrected chi connectivity index (χ2v) is 2.78. The van der Waals surface area contributed by atoms with E-state index in [-0.39, 0.29) is 0 Å². The van der Waals surface area contributed by atoms with E-state index in [2.05, 4.69) is 21.9 Å². The molecule has 1 aromatic rings. The maximum atomic E-state index is 8.71. The Bertz CT molecular complexity index is 299. The number of halogens is 1. The molecule has 0 bridgehead atoms. The standard InChI is InChI=1S/C9H6BrO/c1-2-7-4-3-5-8(6-11)9(7)10/h1,3-6,11H. The molecule has 0 unspecified atom stereocenters. The molecule has 0 fully saturated rings. The molecule has 1 aromatic carbocycles. The Morgan fingerprint density at radius 3 is 2.82 bits per heavy atom. The minimum absolute atomic E-state index is 0.695. The van der Waals surface area contributed by atoms with Crippen LogP contribution in [0.4, 0.5) is 0 Å². The fourth-order valence-corrected chi connectivity index (χ4v) is 1.24. The van der Waals surface area contributed by atoms with Gasteiger partial charge in [0.15, 0.2) is 0 Å². The topological polar surface area (TPSA) is 20.2 Å². The molecule has 0 amide bonds. The summed E-state index contributed by atoms with van der Waals surface area (Å²) >= 11 is 3.27. The first-order valence-corrected chi connectivity index (χ1v) is 3.81. The van der Waals surface area contributed by atoms with E-state index in [0.29, 0.717) is 5.56 Å². The summed E-state index contributed by atoms with van der Waals surface area (Å²) < 4.78 is 0.755. The number of aliphatic hydroxyl groups is 1. The molecule has 11 heavy (non-hydrogen) atoms. The van der Waals surface area contributed by atoms with E-state index < -0.39 is 0 Å². The SMILES string of the molecule is C#Cc1cccc([CH]O)c1Br. The van der Waals surface area contributed by atoms with E-state index in [0.717, 1.165) is 16.6 Å². The zero-order valence-electron chi connectivity index (χ0n) is 5.71. The first-order chi connectivity index (χ1) is 5.29. The van der Waals surface area contributed by atoms with Gasteiger partial charge in [0.05, 0.1) is 0 Å². The first-order valence-electron chi connectivity index (χ1n) is 3.02. The summed E-state index contributed by atoms with van der Waals surface area (Å²) in [4.78, 5) is 0. The van der Waals surface area contributed by atoms with E-state index in [4.69, 9.17) is 11.5 Å². The summed E-state index contributed by atoms with van der Waals surface area (Å²) in [6.07, 6.45) is 5.20. The van der Waals surface area contributed by atoms with Gasteiger partial charge in [0.1, 0.15) is 6.61 Å². The predicted octanol–water partition coefficient (Wildman–Crippen LogP) is 2.31. The molecule has 55 valence electrons. The van der Waals surface area contributed by atoms with Crippen molar-refractivity contribution in [2.75, 3.05) is 0 Å². The Balaban J connectivity index is 3.23. The van der Waals surface area contributed by atoms with Crippen molar-refractivity contribution >= 4 is 15.9 Å². The lowest BCUT2D eigenvalue weighted by atomic mass is 10.1. The number of hydrogen-bond donors (Lipinski definition) is 1. The van der Waals surface area contributed by atoms with Crippen LogP contribution in [0.3, 0.4) is 0 Å². The summed E-state index contributed by atoms with van der Waals surface area (Å²) in [5.74, 6) is 2.49. The number of hydrogen-bond acceptors (Lipinski definition) is 1. The second-order valence-electron chi connectivity index (χ2n) is 1.98. The fourth-order valence-electron chi connectivity index (χ4n) is 0.761. The third kappa shape index (κ3) is 1.62. The summed E-state index contributed by atoms with van der Waals surface area (Å²) in [5, 5.41) is 8.71. The van der Waals surface area contributed by atoms with Crippen molar-refractivity contribution in [2.45, 2.75) is 0 Å². The molecular formula is C9H6BrO. The molecular weight excluding hydrogens is 204 g/mol. The van der Waals surface area contributed by atoms with Gasteiger partial charge in [-0.2, -0.15) is 0 Å². The monoisotopic (exact) mass is 209 g/mol. The van der Waals surface area contributed by atoms with Crippen LogP contribution in [-0.2, 0) is 0 Å². The molecule has 0 spiro atoms. The third-order valence-corrected chi connectivity index (χ3v) is 2.21. The van der Waals surface area contributed by atoms with Crippen molar-refractivity contribution in [1.29, 1.82) is 0 Å². The molecule has 0 heterocycles. The van der Waals surface area contributed by atoms with Gasteiger partial charge in [-0.15, -0.1) is 6.42 Å². The highest BCUT2D eigenvalue weighted by molar-refractivity contribution is 9.10. The van der Waals surface area contributed by atoms with E-state index >= 15 is 0 Å². The van der Waals surface area contributed by atoms with Crippen molar-refractivity contribution in [2.24, 2.45) is 0 Å². The molecule has 0 aromatic heterocycles. The molecule has 0 aliphatic heterocycles. The highest BCUT2D eigenvalue weighted by Gasteiger charge is 2.01. The van der Waals surface area contributed by atoms with Crippen LogP contribution in [0.2, 0.25) is 0 Å². The number of benzene rings is 1. The van der Waals surface area contributed by atoms with Crippen LogP contribution in [0, 0.1) is 19.0 Å². The Hall–Kier alpha value is -0.780. The zero-order valence-corrected chi connectivity index (χ0v) is 7.30. The highest BCUT2D eigenvalue weighted by Crippen LogP contribution is 2.21. The zero-order chi connectivity index (χ0) is 8.27. The molecule has 0 atom stereocenters. The van der Waals surface area contributed by atoms with Gasteiger partial charge in [0, 0.05) is 10.0 Å². The smallest absolute Gasteiger partial charge is 0.110 e. The van der Waals surface area contributed by atoms with Gasteiger partial charge in [0.2, 0.25) is 0 Å². The van der Waals surface area contributed by atoms with Gasteiger partial charge in [-0.25, -0.2) is 0 Å². The molecule has 1 N–H and O–H groups in total. The molecule has 0 saturated carbocycles. The van der Waals surface area contributed by atoms with Crippen LogP contribution in [-0.4, -0.2) is 5.11 Å². The Labute approximate surface area is 74.2 Å². The number of terminal acetylenes is 1. The lowest BCUT2D eigenvalue weighted by Crippen LogP contribution is -1.85. The lowest BCUT2D eigenvalue weighted by Gasteiger charge is -2.00. The molecule has 0 aliphatic carbocycles. The molecule has 1 nitrogen and oxygen atoms in total. The maximum Gasteiger partial charge on any atom is 0.110 e. The fraction of sp³-hybridized carbons (Fsp3) is 0. The van der Waals surface area contributed by atoms with Gasteiger partial charge in [-0.1, -0.05) is 18.1 Å². The molecule has 0 aliphatic rings. The Kier molecular flexibility index (Phi) is 2.70. The van der Waals surface area contributed by atoms with E-state index in [1.807, 2.05) is 0 Å². The van der Waals surface area contributed by atoms with Gasteiger partial charge in [-0.3, -0.25) is 0 Å². The van der Waals surface area contributed by atoms with Crippen LogP contribution in [0.5, 0.6) is 0 Å². The summed E-state index contributed by atoms with van der Waals surface area (Å²) in [7, 11) is 0. The van der Waals surface area contributed by atoms with Gasteiger partial charge < -0.3 is 5.11 Å². The van der Waals surface area contributed by atoms with Crippen LogP contribution in [0.25, 0.3) is 0 Å². The molecule has 1 rings (SSSR count). The van der Waals surface area contributed by atoms with E-state index in [1.165, 1.54) is 0 Å². The largest absolute Gasteiger partial charge is 0.385 e. The van der Waals surface area contributed by atoms with Crippen LogP contribution >= 0.6 is 15.9 Å². The minimum Gasteiger partial charge on any atom is -0.385 e. The Morgan fingerprint density at radius 1 is 1.55 bits per heavy atom. The van der Waals surface area contributed by atoms with Gasteiger partial charge in [0.25, 0.3) is 0 Å². The van der Waals surface area contributed by atoms with Crippen molar-refractivity contribution in [3.05, 3.63) is 40.4 Å². The second kappa shape index (κ2) is 3.56. The van der Waals surface area contributed by atoms with E-state index in [9.17, 15) is 0 Å². The lowest BCUT2D eigenvalue weighted by molar-refractivity contribution is 0.414. The van der Waals surface area contributed by atoms with Gasteiger partial charge in [-0.05, 0) is 27.6 Å². The van der Waals surface area contributed by atoms with Crippen molar-refractivity contribution in [1.82, 2.24) is 0 Å². The van der Waals surface area contributed by atoms with Crippen molar-refractivity contribution < 1.29 is 5.11 Å². The number of rotatable bonds is 1. The average molecular weight is 210 g/mol. The summed E-state index contributed by atoms with van der Waals surface area (Å²) in [6, 6.07) is 5.37. The summed E-state index contributed by atoms with van der Waals surface area (Å²) in [5.41, 5.74) is 1.44. The first kappa shape index (κ1) is 8.32. The molecule has 0 saturated heterocycles. The van der Waals surface area contributed by atoms with Gasteiger partial charge >= 0.3 is 0 Å². The predicted molar refractivity (Wildman–Crippen MR) is 47.4 cm³/mol. The van der Waals surface area contributed by atoms with Crippen molar-refractivity contribution in [3.8, 4) is 12.3 Å². The van der Waals surface area contributed by atoms with E-state index in [1.54, 1.807) is 18.2 Å². The minimum atomic E-state index is 0.695. The normalized spacial score (nSPS) is 9.18. The highest BCUT2D eigenvalue weighted by atomic mass is 79.9. The Morgan fingerprint density at radius 2 is 2.27 bits per heavy atom. The quantitative estimate of drug-likeness (QED) is 0.705.